The number of hydrogen-bond donors (Lipinski definition) is 1. The summed E-state index contributed by atoms with van der Waals surface area (Å²) in [5, 5.41) is 1.22. The number of H-pyrrole nitrogens is 1. The number of benzene rings is 1. The molecule has 0 radical (unpaired) electrons. The van der Waals surface area contributed by atoms with Gasteiger partial charge in [-0.2, -0.15) is 0 Å². The maximum Gasteiger partial charge on any atom is 0.319 e. The lowest BCUT2D eigenvalue weighted by Gasteiger charge is -2.42. The molecule has 2 unspecified atom stereocenters. The predicted octanol–water partition coefficient (Wildman–Crippen LogP) is 3.34. The number of aromatic nitrogens is 1. The zero-order valence-corrected chi connectivity index (χ0v) is 14.6. The highest BCUT2D eigenvalue weighted by molar-refractivity contribution is 5.91. The Kier molecular flexibility index (Phi) is 4.00. The topological polar surface area (TPSA) is 45.3 Å². The van der Waals surface area contributed by atoms with E-state index in [2.05, 4.69) is 46.8 Å². The summed E-state index contributed by atoms with van der Waals surface area (Å²) < 4.78 is 5.34. The summed E-state index contributed by atoms with van der Waals surface area (Å²) in [6.07, 6.45) is 8.84. The van der Waals surface area contributed by atoms with Crippen LogP contribution in [0.1, 0.15) is 24.1 Å². The number of ether oxygens (including phenoxy) is 1. The van der Waals surface area contributed by atoms with Crippen LogP contribution in [0.3, 0.4) is 0 Å². The van der Waals surface area contributed by atoms with E-state index in [1.807, 2.05) is 12.1 Å². The third kappa shape index (κ3) is 2.28. The first-order chi connectivity index (χ1) is 12.2. The van der Waals surface area contributed by atoms with Crippen molar-refractivity contribution < 1.29 is 9.53 Å². The molecule has 0 saturated carbocycles. The van der Waals surface area contributed by atoms with Crippen molar-refractivity contribution in [1.82, 2.24) is 9.88 Å². The number of esters is 1. The second-order valence-electron chi connectivity index (χ2n) is 6.93. The maximum absolute atomic E-state index is 13.1. The van der Waals surface area contributed by atoms with Gasteiger partial charge in [-0.25, -0.2) is 0 Å². The van der Waals surface area contributed by atoms with Crippen molar-refractivity contribution in [2.75, 3.05) is 20.2 Å². The van der Waals surface area contributed by atoms with Crippen LogP contribution < -0.4 is 0 Å². The van der Waals surface area contributed by atoms with Gasteiger partial charge in [0.2, 0.25) is 0 Å². The van der Waals surface area contributed by atoms with Gasteiger partial charge < -0.3 is 9.72 Å². The molecule has 1 aliphatic heterocycles. The maximum atomic E-state index is 13.1. The Hall–Kier alpha value is -2.33. The molecule has 0 spiro atoms. The van der Waals surface area contributed by atoms with E-state index in [0.717, 1.165) is 43.6 Å². The van der Waals surface area contributed by atoms with E-state index in [4.69, 9.17) is 4.74 Å². The lowest BCUT2D eigenvalue weighted by atomic mass is 9.69. The van der Waals surface area contributed by atoms with E-state index in [1.165, 1.54) is 18.1 Å². The summed E-state index contributed by atoms with van der Waals surface area (Å²) >= 11 is 0. The Morgan fingerprint density at radius 1 is 1.48 bits per heavy atom. The Labute approximate surface area is 148 Å². The largest absolute Gasteiger partial charge is 0.468 e. The zero-order chi connectivity index (χ0) is 17.4. The predicted molar refractivity (Wildman–Crippen MR) is 99.6 cm³/mol. The molecule has 1 aliphatic carbocycles. The van der Waals surface area contributed by atoms with Gasteiger partial charge in [0.05, 0.1) is 7.11 Å². The summed E-state index contributed by atoms with van der Waals surface area (Å²) in [4.78, 5) is 19.1. The van der Waals surface area contributed by atoms with Gasteiger partial charge in [-0.05, 0) is 30.9 Å². The van der Waals surface area contributed by atoms with Crippen molar-refractivity contribution in [1.29, 1.82) is 0 Å². The van der Waals surface area contributed by atoms with Gasteiger partial charge in [0.1, 0.15) is 5.41 Å². The monoisotopic (exact) mass is 336 g/mol. The van der Waals surface area contributed by atoms with Gasteiger partial charge in [0.25, 0.3) is 0 Å². The van der Waals surface area contributed by atoms with Gasteiger partial charge in [0, 0.05) is 35.7 Å². The number of carbonyl (C=O) groups is 1. The molecule has 1 N–H and O–H groups in total. The highest BCUT2D eigenvalue weighted by Gasteiger charge is 2.53. The number of aromatic amines is 1. The van der Waals surface area contributed by atoms with E-state index in [1.54, 1.807) is 0 Å². The second kappa shape index (κ2) is 6.19. The van der Waals surface area contributed by atoms with Crippen LogP contribution in [0.4, 0.5) is 0 Å². The number of fused-ring (bicyclic) bond motifs is 5. The summed E-state index contributed by atoms with van der Waals surface area (Å²) in [6, 6.07) is 8.31. The number of carbonyl (C=O) groups excluding carboxylic acids is 1. The van der Waals surface area contributed by atoms with E-state index >= 15 is 0 Å². The minimum atomic E-state index is -0.683. The molecule has 2 atom stereocenters. The summed E-state index contributed by atoms with van der Waals surface area (Å²) in [6.45, 7) is 5.57. The van der Waals surface area contributed by atoms with Gasteiger partial charge in [-0.1, -0.05) is 36.4 Å². The number of para-hydroxylation sites is 1. The highest BCUT2D eigenvalue weighted by Crippen LogP contribution is 2.45. The van der Waals surface area contributed by atoms with Gasteiger partial charge in [0.15, 0.2) is 0 Å². The Bertz CT molecular complexity index is 851. The highest BCUT2D eigenvalue weighted by atomic mass is 16.5. The Balaban J connectivity index is 2.00. The third-order valence-corrected chi connectivity index (χ3v) is 5.74. The molecule has 4 rings (SSSR count). The van der Waals surface area contributed by atoms with Crippen molar-refractivity contribution in [2.45, 2.75) is 30.7 Å². The first-order valence-corrected chi connectivity index (χ1v) is 8.92. The molecule has 0 fully saturated rings. The number of rotatable bonds is 3. The third-order valence-electron chi connectivity index (χ3n) is 5.74. The molecule has 130 valence electrons. The van der Waals surface area contributed by atoms with Crippen LogP contribution in [-0.4, -0.2) is 42.1 Å². The summed E-state index contributed by atoms with van der Waals surface area (Å²) in [5.74, 6) is -0.148. The number of hydrogen-bond acceptors (Lipinski definition) is 3. The van der Waals surface area contributed by atoms with Crippen molar-refractivity contribution in [3.8, 4) is 0 Å². The molecule has 25 heavy (non-hydrogen) atoms. The molecular weight excluding hydrogens is 312 g/mol. The van der Waals surface area contributed by atoms with Gasteiger partial charge in [-0.3, -0.25) is 9.69 Å². The van der Waals surface area contributed by atoms with Gasteiger partial charge in [-0.15, -0.1) is 6.58 Å². The van der Waals surface area contributed by atoms with E-state index < -0.39 is 5.41 Å². The van der Waals surface area contributed by atoms with Crippen LogP contribution in [0.15, 0.2) is 49.1 Å². The standard InChI is InChI=1S/C21H24N2O2/c1-3-13-23-14-11-16-15-8-4-5-9-17(15)22-19(16)21(20(24)25-2)12-7-6-10-18(21)23/h3-6,8-10,18,22H,1,7,11-14H2,2H3. The van der Waals surface area contributed by atoms with Crippen molar-refractivity contribution >= 4 is 16.9 Å². The number of allylic oxidation sites excluding steroid dienone is 1. The van der Waals surface area contributed by atoms with Crippen LogP contribution in [0.25, 0.3) is 10.9 Å². The molecular formula is C21H24N2O2. The molecule has 2 aliphatic rings. The fourth-order valence-corrected chi connectivity index (χ4v) is 4.67. The Morgan fingerprint density at radius 2 is 2.32 bits per heavy atom. The molecule has 1 aromatic carbocycles. The van der Waals surface area contributed by atoms with Crippen molar-refractivity contribution in [3.05, 3.63) is 60.3 Å². The minimum absolute atomic E-state index is 0.0130. The van der Waals surface area contributed by atoms with Crippen molar-refractivity contribution in [3.63, 3.8) is 0 Å². The molecule has 2 aromatic rings. The molecule has 0 bridgehead atoms. The smallest absolute Gasteiger partial charge is 0.319 e. The molecule has 1 aromatic heterocycles. The van der Waals surface area contributed by atoms with Crippen LogP contribution in [0.2, 0.25) is 0 Å². The Morgan fingerprint density at radius 3 is 3.12 bits per heavy atom. The molecule has 4 heteroatoms. The number of nitrogens with one attached hydrogen (secondary N) is 1. The summed E-state index contributed by atoms with van der Waals surface area (Å²) in [5.41, 5.74) is 2.72. The second-order valence-corrected chi connectivity index (χ2v) is 6.93. The lowest BCUT2D eigenvalue weighted by Crippen LogP contribution is -2.55. The number of methoxy groups -OCH3 is 1. The fraction of sp³-hybridized carbons (Fsp3) is 0.381. The van der Waals surface area contributed by atoms with E-state index in [9.17, 15) is 4.79 Å². The number of nitrogens with zero attached hydrogens (tertiary/aromatic N) is 1. The SMILES string of the molecule is C=CCN1CCc2c([nH]c3ccccc23)C2(C(=O)OC)CCC=CC12. The fourth-order valence-electron chi connectivity index (χ4n) is 4.67. The molecule has 4 nitrogen and oxygen atoms in total. The van der Waals surface area contributed by atoms with Crippen LogP contribution in [0, 0.1) is 0 Å². The lowest BCUT2D eigenvalue weighted by molar-refractivity contribution is -0.150. The van der Waals surface area contributed by atoms with Crippen LogP contribution >= 0.6 is 0 Å². The minimum Gasteiger partial charge on any atom is -0.468 e. The van der Waals surface area contributed by atoms with Crippen LogP contribution in [-0.2, 0) is 21.4 Å². The molecule has 0 amide bonds. The average molecular weight is 336 g/mol. The molecule has 2 heterocycles. The normalized spacial score (nSPS) is 25.9. The van der Waals surface area contributed by atoms with Gasteiger partial charge >= 0.3 is 5.97 Å². The van der Waals surface area contributed by atoms with E-state index in [-0.39, 0.29) is 12.0 Å². The van der Waals surface area contributed by atoms with Crippen LogP contribution in [0.5, 0.6) is 0 Å². The molecule has 0 saturated heterocycles. The quantitative estimate of drug-likeness (QED) is 0.691. The van der Waals surface area contributed by atoms with E-state index in [0.29, 0.717) is 0 Å². The summed E-state index contributed by atoms with van der Waals surface area (Å²) in [7, 11) is 1.50. The average Bonchev–Trinajstić information content (AvgIpc) is 2.97. The first kappa shape index (κ1) is 16.2. The van der Waals surface area contributed by atoms with Crippen molar-refractivity contribution in [2.24, 2.45) is 0 Å². The zero-order valence-electron chi connectivity index (χ0n) is 14.6. The first-order valence-electron chi connectivity index (χ1n) is 8.92.